The number of thiol groups is 1. The number of ether oxygens (including phenoxy) is 1. The minimum absolute atomic E-state index is 0.0487. The molecule has 2 atom stereocenters. The van der Waals surface area contributed by atoms with Crippen LogP contribution in [0, 0.1) is 3.57 Å². The molecule has 1 aliphatic rings. The van der Waals surface area contributed by atoms with Crippen molar-refractivity contribution in [3.8, 4) is 0 Å². The third kappa shape index (κ3) is 5.50. The van der Waals surface area contributed by atoms with Gasteiger partial charge in [0.15, 0.2) is 17.0 Å². The van der Waals surface area contributed by atoms with Crippen molar-refractivity contribution in [2.24, 2.45) is 0 Å². The Morgan fingerprint density at radius 3 is 2.88 bits per heavy atom. The molecule has 0 bridgehead atoms. The number of hydroxylamine groups is 1. The summed E-state index contributed by atoms with van der Waals surface area (Å²) in [6, 6.07) is 3.18. The van der Waals surface area contributed by atoms with Gasteiger partial charge in [0.1, 0.15) is 4.75 Å². The predicted octanol–water partition coefficient (Wildman–Crippen LogP) is 0.787. The molecule has 0 radical (unpaired) electrons. The first-order chi connectivity index (χ1) is 11.8. The van der Waals surface area contributed by atoms with E-state index in [9.17, 15) is 18.0 Å². The Kier molecular flexibility index (Phi) is 7.40. The standard InChI is InChI=1S/C15H21IN2O6S/c1-15(25(21)22,6-8-18-7-5-11(16)10-12(18)19)14(20)17-24-13-4-2-3-9-23-13/h5,7,10,13,25H,2-4,6,8-9H2,1H3,(H,17,20). The van der Waals surface area contributed by atoms with Crippen LogP contribution in [0.2, 0.25) is 0 Å². The van der Waals surface area contributed by atoms with Gasteiger partial charge in [0, 0.05) is 35.4 Å². The second-order valence-electron chi connectivity index (χ2n) is 6.00. The molecule has 1 saturated heterocycles. The Bertz CT molecular complexity index is 736. The van der Waals surface area contributed by atoms with Crippen LogP contribution in [-0.4, -0.2) is 36.5 Å². The second-order valence-corrected chi connectivity index (χ2v) is 8.75. The van der Waals surface area contributed by atoms with Crippen molar-refractivity contribution >= 4 is 39.2 Å². The maximum Gasteiger partial charge on any atom is 0.264 e. The molecule has 1 aromatic heterocycles. The third-order valence-electron chi connectivity index (χ3n) is 4.11. The van der Waals surface area contributed by atoms with E-state index in [1.165, 1.54) is 17.6 Å². The lowest BCUT2D eigenvalue weighted by Crippen LogP contribution is -2.48. The first kappa shape index (κ1) is 20.3. The minimum atomic E-state index is -3.08. The molecule has 25 heavy (non-hydrogen) atoms. The van der Waals surface area contributed by atoms with Crippen LogP contribution < -0.4 is 11.0 Å². The van der Waals surface area contributed by atoms with Gasteiger partial charge >= 0.3 is 0 Å². The van der Waals surface area contributed by atoms with Gasteiger partial charge in [-0.15, -0.1) is 0 Å². The molecule has 10 heteroatoms. The van der Waals surface area contributed by atoms with Crippen LogP contribution in [-0.2, 0) is 31.6 Å². The summed E-state index contributed by atoms with van der Waals surface area (Å²) >= 11 is 2.02. The number of carbonyl (C=O) groups excluding carboxylic acids is 1. The number of halogens is 1. The lowest BCUT2D eigenvalue weighted by atomic mass is 10.1. The molecule has 0 saturated carbocycles. The van der Waals surface area contributed by atoms with Crippen molar-refractivity contribution in [2.45, 2.75) is 50.2 Å². The van der Waals surface area contributed by atoms with E-state index in [0.717, 1.165) is 16.4 Å². The molecule has 2 unspecified atom stereocenters. The first-order valence-corrected chi connectivity index (χ1v) is 10.2. The highest BCUT2D eigenvalue weighted by molar-refractivity contribution is 14.1. The Hall–Kier alpha value is -0.980. The number of hydrogen-bond acceptors (Lipinski definition) is 6. The molecule has 0 spiro atoms. The van der Waals surface area contributed by atoms with Crippen LogP contribution in [0.1, 0.15) is 32.6 Å². The van der Waals surface area contributed by atoms with Gasteiger partial charge in [-0.25, -0.2) is 18.7 Å². The van der Waals surface area contributed by atoms with Crippen molar-refractivity contribution < 1.29 is 22.8 Å². The monoisotopic (exact) mass is 484 g/mol. The number of aryl methyl sites for hydroxylation is 1. The number of pyridine rings is 1. The molecular formula is C15H21IN2O6S. The average molecular weight is 484 g/mol. The number of hydrogen-bond donors (Lipinski definition) is 2. The van der Waals surface area contributed by atoms with E-state index in [1.807, 2.05) is 22.6 Å². The van der Waals surface area contributed by atoms with E-state index < -0.39 is 27.6 Å². The van der Waals surface area contributed by atoms with Crippen molar-refractivity contribution in [2.75, 3.05) is 6.61 Å². The Morgan fingerprint density at radius 1 is 1.52 bits per heavy atom. The molecule has 0 aromatic carbocycles. The molecule has 1 amide bonds. The Morgan fingerprint density at radius 2 is 2.28 bits per heavy atom. The minimum Gasteiger partial charge on any atom is -0.350 e. The first-order valence-electron chi connectivity index (χ1n) is 7.91. The lowest BCUT2D eigenvalue weighted by molar-refractivity contribution is -0.201. The number of amides is 1. The van der Waals surface area contributed by atoms with E-state index in [1.54, 1.807) is 12.3 Å². The number of nitrogens with one attached hydrogen (secondary N) is 1. The summed E-state index contributed by atoms with van der Waals surface area (Å²) in [6.07, 6.45) is 3.45. The summed E-state index contributed by atoms with van der Waals surface area (Å²) in [4.78, 5) is 29.4. The zero-order chi connectivity index (χ0) is 18.4. The normalized spacial score (nSPS) is 20.2. The molecule has 1 aliphatic heterocycles. The van der Waals surface area contributed by atoms with Crippen LogP contribution in [0.4, 0.5) is 0 Å². The smallest absolute Gasteiger partial charge is 0.264 e. The molecule has 2 heterocycles. The second kappa shape index (κ2) is 9.10. The molecule has 2 rings (SSSR count). The molecular weight excluding hydrogens is 463 g/mol. The fourth-order valence-electron chi connectivity index (χ4n) is 2.33. The molecule has 1 aromatic rings. The topological polar surface area (TPSA) is 104 Å². The zero-order valence-electron chi connectivity index (χ0n) is 13.8. The molecule has 1 N–H and O–H groups in total. The third-order valence-corrected chi connectivity index (χ3v) is 6.01. The average Bonchev–Trinajstić information content (AvgIpc) is 2.59. The maximum atomic E-state index is 12.3. The van der Waals surface area contributed by atoms with Gasteiger partial charge in [0.2, 0.25) is 0 Å². The fourth-order valence-corrected chi connectivity index (χ4v) is 3.25. The summed E-state index contributed by atoms with van der Waals surface area (Å²) in [5, 5.41) is 0. The quantitative estimate of drug-likeness (QED) is 0.337. The van der Waals surface area contributed by atoms with Gasteiger partial charge in [-0.05, 0) is 54.8 Å². The maximum absolute atomic E-state index is 12.3. The summed E-state index contributed by atoms with van der Waals surface area (Å²) < 4.78 is 29.1. The van der Waals surface area contributed by atoms with Crippen LogP contribution in [0.25, 0.3) is 0 Å². The van der Waals surface area contributed by atoms with Crippen molar-refractivity contribution in [1.82, 2.24) is 10.0 Å². The molecule has 1 fully saturated rings. The number of nitrogens with zero attached hydrogens (tertiary/aromatic N) is 1. The number of carbonyl (C=O) groups is 1. The van der Waals surface area contributed by atoms with Crippen LogP contribution >= 0.6 is 22.6 Å². The van der Waals surface area contributed by atoms with E-state index in [-0.39, 0.29) is 18.5 Å². The molecule has 0 aliphatic carbocycles. The lowest BCUT2D eigenvalue weighted by Gasteiger charge is -2.26. The van der Waals surface area contributed by atoms with Gasteiger partial charge in [0.05, 0.1) is 0 Å². The van der Waals surface area contributed by atoms with Gasteiger partial charge < -0.3 is 9.30 Å². The summed E-state index contributed by atoms with van der Waals surface area (Å²) in [5.41, 5.74) is 1.95. The van der Waals surface area contributed by atoms with Crippen molar-refractivity contribution in [3.63, 3.8) is 0 Å². The predicted molar refractivity (Wildman–Crippen MR) is 99.6 cm³/mol. The summed E-state index contributed by atoms with van der Waals surface area (Å²) in [5.74, 6) is -0.767. The highest BCUT2D eigenvalue weighted by Gasteiger charge is 2.38. The summed E-state index contributed by atoms with van der Waals surface area (Å²) in [6.45, 7) is 1.96. The number of aromatic nitrogens is 1. The van der Waals surface area contributed by atoms with Gasteiger partial charge in [-0.2, -0.15) is 0 Å². The van der Waals surface area contributed by atoms with Crippen molar-refractivity contribution in [3.05, 3.63) is 32.3 Å². The molecule has 8 nitrogen and oxygen atoms in total. The van der Waals surface area contributed by atoms with Crippen LogP contribution in [0.15, 0.2) is 23.1 Å². The van der Waals surface area contributed by atoms with E-state index in [2.05, 4.69) is 5.48 Å². The van der Waals surface area contributed by atoms with Crippen LogP contribution in [0.3, 0.4) is 0 Å². The van der Waals surface area contributed by atoms with E-state index in [4.69, 9.17) is 9.57 Å². The Labute approximate surface area is 160 Å². The van der Waals surface area contributed by atoms with Gasteiger partial charge in [0.25, 0.3) is 11.5 Å². The Balaban J connectivity index is 2.00. The number of rotatable bonds is 7. The van der Waals surface area contributed by atoms with E-state index >= 15 is 0 Å². The highest BCUT2D eigenvalue weighted by Crippen LogP contribution is 2.18. The highest BCUT2D eigenvalue weighted by atomic mass is 127. The van der Waals surface area contributed by atoms with Crippen molar-refractivity contribution in [1.29, 1.82) is 0 Å². The largest absolute Gasteiger partial charge is 0.350 e. The van der Waals surface area contributed by atoms with Crippen LogP contribution in [0.5, 0.6) is 0 Å². The molecule has 140 valence electrons. The summed E-state index contributed by atoms with van der Waals surface area (Å²) in [7, 11) is -3.08. The van der Waals surface area contributed by atoms with Gasteiger partial charge in [-0.3, -0.25) is 9.59 Å². The zero-order valence-corrected chi connectivity index (χ0v) is 16.8. The van der Waals surface area contributed by atoms with E-state index in [0.29, 0.717) is 13.0 Å². The SMILES string of the molecule is CC(CCn1ccc(I)cc1=O)(C(=O)NOC1CCCCO1)[SH](=O)=O. The fraction of sp³-hybridized carbons (Fsp3) is 0.600. The van der Waals surface area contributed by atoms with Gasteiger partial charge in [-0.1, -0.05) is 0 Å².